The van der Waals surface area contributed by atoms with Gasteiger partial charge in [0.15, 0.2) is 6.61 Å². The van der Waals surface area contributed by atoms with Crippen molar-refractivity contribution in [3.8, 4) is 5.75 Å². The Morgan fingerprint density at radius 3 is 2.40 bits per heavy atom. The maximum Gasteiger partial charge on any atom is 0.261 e. The Labute approximate surface area is 188 Å². The molecular weight excluding hydrogens is 423 g/mol. The summed E-state index contributed by atoms with van der Waals surface area (Å²) in [6, 6.07) is 12.1. The predicted octanol–water partition coefficient (Wildman–Crippen LogP) is 5.01. The minimum absolute atomic E-state index is 0.163. The van der Waals surface area contributed by atoms with E-state index in [0.717, 1.165) is 17.5 Å². The molecule has 162 valence electrons. The van der Waals surface area contributed by atoms with Crippen LogP contribution in [0.1, 0.15) is 37.8 Å². The van der Waals surface area contributed by atoms with E-state index in [1.807, 2.05) is 45.0 Å². The van der Waals surface area contributed by atoms with Crippen molar-refractivity contribution >= 4 is 35.0 Å². The lowest BCUT2D eigenvalue weighted by Gasteiger charge is -2.30. The standard InChI is InChI=1S/C23H28Cl2N2O3/c1-4-12-26-23(29)20(5-2)27(14-17-8-6-16(3)7-9-17)22(28)15-30-21-11-10-18(24)13-19(21)25/h6-11,13,20H,4-5,12,14-15H2,1-3H3,(H,26,29)/t20-/m0/s1. The molecule has 0 bridgehead atoms. The van der Waals surface area contributed by atoms with Gasteiger partial charge in [-0.2, -0.15) is 0 Å². The van der Waals surface area contributed by atoms with Gasteiger partial charge >= 0.3 is 0 Å². The molecule has 30 heavy (non-hydrogen) atoms. The molecule has 2 amide bonds. The van der Waals surface area contributed by atoms with Crippen LogP contribution in [-0.4, -0.2) is 35.9 Å². The van der Waals surface area contributed by atoms with Crippen molar-refractivity contribution in [2.45, 2.75) is 46.2 Å². The first-order valence-corrected chi connectivity index (χ1v) is 10.8. The van der Waals surface area contributed by atoms with E-state index in [9.17, 15) is 9.59 Å². The number of rotatable bonds is 10. The number of nitrogens with zero attached hydrogens (tertiary/aromatic N) is 1. The number of carbonyl (C=O) groups excluding carboxylic acids is 2. The molecule has 2 aromatic carbocycles. The molecule has 1 N–H and O–H groups in total. The molecule has 0 radical (unpaired) electrons. The van der Waals surface area contributed by atoms with Crippen LogP contribution in [0.3, 0.4) is 0 Å². The third kappa shape index (κ3) is 6.92. The van der Waals surface area contributed by atoms with Gasteiger partial charge in [-0.05, 0) is 43.5 Å². The third-order valence-corrected chi connectivity index (χ3v) is 5.18. The maximum absolute atomic E-state index is 13.1. The van der Waals surface area contributed by atoms with Crippen LogP contribution >= 0.6 is 23.2 Å². The molecular formula is C23H28Cl2N2O3. The first-order chi connectivity index (χ1) is 14.3. The van der Waals surface area contributed by atoms with Crippen molar-refractivity contribution in [1.82, 2.24) is 10.2 Å². The summed E-state index contributed by atoms with van der Waals surface area (Å²) in [5.74, 6) is -0.0855. The zero-order valence-electron chi connectivity index (χ0n) is 17.6. The Kier molecular flexibility index (Phi) is 9.47. The van der Waals surface area contributed by atoms with Crippen LogP contribution in [0.25, 0.3) is 0 Å². The molecule has 0 aromatic heterocycles. The smallest absolute Gasteiger partial charge is 0.261 e. The van der Waals surface area contributed by atoms with Crippen LogP contribution < -0.4 is 10.1 Å². The summed E-state index contributed by atoms with van der Waals surface area (Å²) in [5, 5.41) is 3.70. The molecule has 0 aliphatic heterocycles. The molecule has 1 atom stereocenters. The lowest BCUT2D eigenvalue weighted by molar-refractivity contribution is -0.143. The van der Waals surface area contributed by atoms with E-state index in [-0.39, 0.29) is 18.4 Å². The number of hydrogen-bond acceptors (Lipinski definition) is 3. The number of aryl methyl sites for hydroxylation is 1. The van der Waals surface area contributed by atoms with Gasteiger partial charge in [0.25, 0.3) is 5.91 Å². The minimum atomic E-state index is -0.588. The second-order valence-corrected chi connectivity index (χ2v) is 7.93. The van der Waals surface area contributed by atoms with Crippen LogP contribution in [0.15, 0.2) is 42.5 Å². The Bertz CT molecular complexity index is 856. The van der Waals surface area contributed by atoms with E-state index in [1.54, 1.807) is 23.1 Å². The lowest BCUT2D eigenvalue weighted by Crippen LogP contribution is -2.50. The zero-order chi connectivity index (χ0) is 22.1. The van der Waals surface area contributed by atoms with Gasteiger partial charge in [-0.3, -0.25) is 9.59 Å². The summed E-state index contributed by atoms with van der Waals surface area (Å²) in [6.07, 6.45) is 1.32. The van der Waals surface area contributed by atoms with E-state index >= 15 is 0 Å². The summed E-state index contributed by atoms with van der Waals surface area (Å²) in [6.45, 7) is 6.53. The van der Waals surface area contributed by atoms with Crippen molar-refractivity contribution < 1.29 is 14.3 Å². The molecule has 0 unspecified atom stereocenters. The third-order valence-electron chi connectivity index (χ3n) is 4.65. The van der Waals surface area contributed by atoms with E-state index in [1.165, 1.54) is 0 Å². The largest absolute Gasteiger partial charge is 0.482 e. The molecule has 0 saturated carbocycles. The maximum atomic E-state index is 13.1. The van der Waals surface area contributed by atoms with E-state index in [2.05, 4.69) is 5.32 Å². The molecule has 5 nitrogen and oxygen atoms in total. The summed E-state index contributed by atoms with van der Waals surface area (Å²) >= 11 is 12.0. The fourth-order valence-electron chi connectivity index (χ4n) is 2.99. The first kappa shape index (κ1) is 24.0. The number of hydrogen-bond donors (Lipinski definition) is 1. The average Bonchev–Trinajstić information content (AvgIpc) is 2.72. The van der Waals surface area contributed by atoms with Gasteiger partial charge in [0.05, 0.1) is 5.02 Å². The van der Waals surface area contributed by atoms with Crippen molar-refractivity contribution in [3.05, 3.63) is 63.6 Å². The normalized spacial score (nSPS) is 11.6. The number of nitrogens with one attached hydrogen (secondary N) is 1. The highest BCUT2D eigenvalue weighted by atomic mass is 35.5. The average molecular weight is 451 g/mol. The Morgan fingerprint density at radius 1 is 1.10 bits per heavy atom. The van der Waals surface area contributed by atoms with Gasteiger partial charge in [0, 0.05) is 18.1 Å². The summed E-state index contributed by atoms with van der Waals surface area (Å²) in [4.78, 5) is 27.4. The quantitative estimate of drug-likeness (QED) is 0.552. The highest BCUT2D eigenvalue weighted by Gasteiger charge is 2.28. The van der Waals surface area contributed by atoms with Crippen molar-refractivity contribution in [1.29, 1.82) is 0 Å². The minimum Gasteiger partial charge on any atom is -0.482 e. The zero-order valence-corrected chi connectivity index (χ0v) is 19.1. The van der Waals surface area contributed by atoms with Gasteiger partial charge in [-0.25, -0.2) is 0 Å². The van der Waals surface area contributed by atoms with Crippen molar-refractivity contribution in [3.63, 3.8) is 0 Å². The molecule has 7 heteroatoms. The van der Waals surface area contributed by atoms with E-state index < -0.39 is 6.04 Å². The van der Waals surface area contributed by atoms with Crippen LogP contribution in [0.2, 0.25) is 10.0 Å². The topological polar surface area (TPSA) is 58.6 Å². The predicted molar refractivity (Wildman–Crippen MR) is 121 cm³/mol. The van der Waals surface area contributed by atoms with Gasteiger partial charge in [0.2, 0.25) is 5.91 Å². The van der Waals surface area contributed by atoms with E-state index in [4.69, 9.17) is 27.9 Å². The Balaban J connectivity index is 2.20. The number of halogens is 2. The first-order valence-electron chi connectivity index (χ1n) is 10.1. The molecule has 0 aliphatic rings. The second-order valence-electron chi connectivity index (χ2n) is 7.09. The van der Waals surface area contributed by atoms with Crippen LogP contribution in [0, 0.1) is 6.92 Å². The number of amides is 2. The fourth-order valence-corrected chi connectivity index (χ4v) is 3.45. The SMILES string of the molecule is CCCNC(=O)[C@H](CC)N(Cc1ccc(C)cc1)C(=O)COc1ccc(Cl)cc1Cl. The molecule has 0 heterocycles. The van der Waals surface area contributed by atoms with Crippen LogP contribution in [-0.2, 0) is 16.1 Å². The van der Waals surface area contributed by atoms with Gasteiger partial charge in [0.1, 0.15) is 11.8 Å². The molecule has 0 saturated heterocycles. The second kappa shape index (κ2) is 11.8. The molecule has 0 aliphatic carbocycles. The van der Waals surface area contributed by atoms with Gasteiger partial charge in [-0.15, -0.1) is 0 Å². The van der Waals surface area contributed by atoms with Crippen LogP contribution in [0.5, 0.6) is 5.75 Å². The van der Waals surface area contributed by atoms with Gasteiger partial charge in [-0.1, -0.05) is 66.9 Å². The van der Waals surface area contributed by atoms with Crippen molar-refractivity contribution in [2.24, 2.45) is 0 Å². The van der Waals surface area contributed by atoms with Crippen molar-refractivity contribution in [2.75, 3.05) is 13.2 Å². The summed E-state index contributed by atoms with van der Waals surface area (Å²) in [7, 11) is 0. The molecule has 0 spiro atoms. The number of ether oxygens (including phenoxy) is 1. The number of benzene rings is 2. The molecule has 2 aromatic rings. The monoisotopic (exact) mass is 450 g/mol. The van der Waals surface area contributed by atoms with E-state index in [0.29, 0.717) is 35.3 Å². The highest BCUT2D eigenvalue weighted by molar-refractivity contribution is 6.35. The fraction of sp³-hybridized carbons (Fsp3) is 0.391. The Morgan fingerprint density at radius 2 is 1.80 bits per heavy atom. The summed E-state index contributed by atoms with van der Waals surface area (Å²) < 4.78 is 5.63. The van der Waals surface area contributed by atoms with Gasteiger partial charge < -0.3 is 15.0 Å². The van der Waals surface area contributed by atoms with Crippen LogP contribution in [0.4, 0.5) is 0 Å². The molecule has 2 rings (SSSR count). The number of carbonyl (C=O) groups is 2. The summed E-state index contributed by atoms with van der Waals surface area (Å²) in [5.41, 5.74) is 2.07. The molecule has 0 fully saturated rings. The highest BCUT2D eigenvalue weighted by Crippen LogP contribution is 2.27. The lowest BCUT2D eigenvalue weighted by atomic mass is 10.1. The Hall–Kier alpha value is -2.24.